The van der Waals surface area contributed by atoms with Gasteiger partial charge in [-0.2, -0.15) is 9.40 Å². The molecule has 26 heavy (non-hydrogen) atoms. The zero-order chi connectivity index (χ0) is 18.6. The van der Waals surface area contributed by atoms with Crippen LogP contribution in [0.4, 0.5) is 5.82 Å². The minimum atomic E-state index is -3.67. The van der Waals surface area contributed by atoms with Gasteiger partial charge in [0.2, 0.25) is 10.0 Å². The van der Waals surface area contributed by atoms with E-state index in [0.717, 1.165) is 0 Å². The van der Waals surface area contributed by atoms with E-state index in [-0.39, 0.29) is 17.3 Å². The first kappa shape index (κ1) is 17.8. The highest BCUT2D eigenvalue weighted by Crippen LogP contribution is 2.17. The Morgan fingerprint density at radius 2 is 1.88 bits per heavy atom. The molecule has 0 unspecified atom stereocenters. The number of aromatic amines is 1. The van der Waals surface area contributed by atoms with E-state index in [1.165, 1.54) is 35.6 Å². The van der Waals surface area contributed by atoms with Gasteiger partial charge in [0.1, 0.15) is 5.82 Å². The number of carbonyl (C=O) groups excluding carboxylic acids is 1. The third-order valence-corrected chi connectivity index (χ3v) is 5.50. The van der Waals surface area contributed by atoms with E-state index < -0.39 is 10.0 Å². The first-order chi connectivity index (χ1) is 12.5. The lowest BCUT2D eigenvalue weighted by Crippen LogP contribution is -2.26. The number of H-pyrrole nitrogens is 1. The minimum Gasteiger partial charge on any atom is -0.307 e. The van der Waals surface area contributed by atoms with Gasteiger partial charge in [0.05, 0.1) is 17.1 Å². The summed E-state index contributed by atoms with van der Waals surface area (Å²) in [5.74, 6) is 0.0620. The number of sulfonamides is 1. The van der Waals surface area contributed by atoms with Crippen molar-refractivity contribution in [1.82, 2.24) is 19.5 Å². The lowest BCUT2D eigenvalue weighted by atomic mass is 10.2. The van der Waals surface area contributed by atoms with Crippen molar-refractivity contribution < 1.29 is 13.2 Å². The van der Waals surface area contributed by atoms with Gasteiger partial charge in [-0.15, -0.1) is 0 Å². The number of benzene rings is 1. The molecular formula is C17H17N5O3S. The zero-order valence-electron chi connectivity index (χ0n) is 14.0. The first-order valence-corrected chi connectivity index (χ1v) is 9.18. The smallest absolute Gasteiger partial charge is 0.256 e. The van der Waals surface area contributed by atoms with Crippen molar-refractivity contribution in [2.24, 2.45) is 0 Å². The van der Waals surface area contributed by atoms with Gasteiger partial charge in [-0.25, -0.2) is 13.4 Å². The average molecular weight is 371 g/mol. The molecule has 2 heterocycles. The van der Waals surface area contributed by atoms with Crippen molar-refractivity contribution in [2.75, 3.05) is 12.4 Å². The largest absolute Gasteiger partial charge is 0.307 e. The van der Waals surface area contributed by atoms with Gasteiger partial charge in [-0.3, -0.25) is 9.89 Å². The summed E-state index contributed by atoms with van der Waals surface area (Å²) in [6, 6.07) is 12.6. The summed E-state index contributed by atoms with van der Waals surface area (Å²) < 4.78 is 26.4. The number of pyridine rings is 1. The van der Waals surface area contributed by atoms with Gasteiger partial charge in [0, 0.05) is 25.0 Å². The highest BCUT2D eigenvalue weighted by molar-refractivity contribution is 7.89. The summed E-state index contributed by atoms with van der Waals surface area (Å²) >= 11 is 0. The molecule has 0 aliphatic rings. The molecule has 1 amide bonds. The molecule has 0 saturated heterocycles. The summed E-state index contributed by atoms with van der Waals surface area (Å²) in [4.78, 5) is 16.3. The lowest BCUT2D eigenvalue weighted by Gasteiger charge is -2.16. The lowest BCUT2D eigenvalue weighted by molar-refractivity contribution is 0.102. The van der Waals surface area contributed by atoms with E-state index in [0.29, 0.717) is 17.1 Å². The number of aromatic nitrogens is 3. The van der Waals surface area contributed by atoms with Crippen LogP contribution in [0.1, 0.15) is 16.1 Å². The van der Waals surface area contributed by atoms with Crippen LogP contribution in [0.2, 0.25) is 0 Å². The Morgan fingerprint density at radius 1 is 1.12 bits per heavy atom. The van der Waals surface area contributed by atoms with Crippen LogP contribution in [0.25, 0.3) is 0 Å². The van der Waals surface area contributed by atoms with E-state index in [1.54, 1.807) is 36.7 Å². The van der Waals surface area contributed by atoms with Crippen LogP contribution in [0.15, 0.2) is 65.8 Å². The second kappa shape index (κ2) is 7.46. The minimum absolute atomic E-state index is 0.105. The average Bonchev–Trinajstić information content (AvgIpc) is 3.15. The van der Waals surface area contributed by atoms with Gasteiger partial charge in [0.15, 0.2) is 0 Å². The van der Waals surface area contributed by atoms with Crippen LogP contribution in [0, 0.1) is 0 Å². The number of nitrogens with zero attached hydrogens (tertiary/aromatic N) is 3. The predicted molar refractivity (Wildman–Crippen MR) is 95.9 cm³/mol. The summed E-state index contributed by atoms with van der Waals surface area (Å²) in [7, 11) is -2.19. The van der Waals surface area contributed by atoms with E-state index in [2.05, 4.69) is 20.5 Å². The molecule has 8 nitrogen and oxygen atoms in total. The fourth-order valence-electron chi connectivity index (χ4n) is 2.28. The molecule has 3 rings (SSSR count). The monoisotopic (exact) mass is 371 g/mol. The van der Waals surface area contributed by atoms with Crippen molar-refractivity contribution in [2.45, 2.75) is 11.4 Å². The summed E-state index contributed by atoms with van der Waals surface area (Å²) in [5.41, 5.74) is 1.02. The number of amides is 1. The van der Waals surface area contributed by atoms with Crippen LogP contribution in [0.5, 0.6) is 0 Å². The maximum absolute atomic E-state index is 12.6. The van der Waals surface area contributed by atoms with Crippen LogP contribution in [0.3, 0.4) is 0 Å². The number of nitrogens with one attached hydrogen (secondary N) is 2. The summed E-state index contributed by atoms with van der Waals surface area (Å²) in [5, 5.41) is 9.17. The number of hydrogen-bond acceptors (Lipinski definition) is 5. The Morgan fingerprint density at radius 3 is 2.50 bits per heavy atom. The first-order valence-electron chi connectivity index (χ1n) is 7.74. The Bertz CT molecular complexity index is 971. The van der Waals surface area contributed by atoms with Crippen LogP contribution >= 0.6 is 0 Å². The van der Waals surface area contributed by atoms with Crippen molar-refractivity contribution >= 4 is 21.7 Å². The fourth-order valence-corrected chi connectivity index (χ4v) is 3.43. The quantitative estimate of drug-likeness (QED) is 0.688. The van der Waals surface area contributed by atoms with Crippen molar-refractivity contribution in [1.29, 1.82) is 0 Å². The maximum atomic E-state index is 12.6. The van der Waals surface area contributed by atoms with Gasteiger partial charge in [0.25, 0.3) is 5.91 Å². The SMILES string of the molecule is CN(Cc1ccn[nH]1)S(=O)(=O)c1ccc(C(=O)Nc2ccccn2)cc1. The maximum Gasteiger partial charge on any atom is 0.256 e. The number of rotatable bonds is 6. The molecule has 3 aromatic rings. The molecule has 9 heteroatoms. The summed E-state index contributed by atoms with van der Waals surface area (Å²) in [6.45, 7) is 0.171. The molecule has 0 fully saturated rings. The predicted octanol–water partition coefficient (Wildman–Crippen LogP) is 1.88. The van der Waals surface area contributed by atoms with Gasteiger partial charge >= 0.3 is 0 Å². The molecule has 0 saturated carbocycles. The number of hydrogen-bond donors (Lipinski definition) is 2. The van der Waals surface area contributed by atoms with Gasteiger partial charge in [-0.1, -0.05) is 6.07 Å². The Kier molecular flexibility index (Phi) is 5.10. The van der Waals surface area contributed by atoms with Crippen molar-refractivity contribution in [3.63, 3.8) is 0 Å². The van der Waals surface area contributed by atoms with Crippen molar-refractivity contribution in [3.8, 4) is 0 Å². The van der Waals surface area contributed by atoms with Crippen LogP contribution in [-0.2, 0) is 16.6 Å². The third-order valence-electron chi connectivity index (χ3n) is 3.68. The Labute approximate surface area is 150 Å². The van der Waals surface area contributed by atoms with E-state index in [1.807, 2.05) is 0 Å². The molecule has 134 valence electrons. The molecule has 2 aromatic heterocycles. The molecular weight excluding hydrogens is 354 g/mol. The highest BCUT2D eigenvalue weighted by atomic mass is 32.2. The molecule has 0 aliphatic heterocycles. The molecule has 2 N–H and O–H groups in total. The standard InChI is InChI=1S/C17H17N5O3S/c1-22(12-14-9-11-19-21-14)26(24,25)15-7-5-13(6-8-15)17(23)20-16-4-2-3-10-18-16/h2-11H,12H2,1H3,(H,19,21)(H,18,20,23). The summed E-state index contributed by atoms with van der Waals surface area (Å²) in [6.07, 6.45) is 3.13. The van der Waals surface area contributed by atoms with E-state index >= 15 is 0 Å². The molecule has 0 radical (unpaired) electrons. The second-order valence-electron chi connectivity index (χ2n) is 5.54. The molecule has 0 spiro atoms. The fraction of sp³-hybridized carbons (Fsp3) is 0.118. The van der Waals surface area contributed by atoms with Crippen LogP contribution in [-0.4, -0.2) is 40.9 Å². The van der Waals surface area contributed by atoms with Crippen molar-refractivity contribution in [3.05, 3.63) is 72.2 Å². The van der Waals surface area contributed by atoms with Gasteiger partial charge in [-0.05, 0) is 42.5 Å². The molecule has 0 aliphatic carbocycles. The highest BCUT2D eigenvalue weighted by Gasteiger charge is 2.21. The Balaban J connectivity index is 1.72. The number of carbonyl (C=O) groups is 1. The topological polar surface area (TPSA) is 108 Å². The Hall–Kier alpha value is -3.04. The number of anilines is 1. The molecule has 1 aromatic carbocycles. The van der Waals surface area contributed by atoms with Gasteiger partial charge < -0.3 is 5.32 Å². The third kappa shape index (κ3) is 3.95. The second-order valence-corrected chi connectivity index (χ2v) is 7.58. The van der Waals surface area contributed by atoms with Crippen LogP contribution < -0.4 is 5.32 Å². The molecule has 0 bridgehead atoms. The molecule has 0 atom stereocenters. The normalized spacial score (nSPS) is 11.5. The van der Waals surface area contributed by atoms with E-state index in [4.69, 9.17) is 0 Å². The zero-order valence-corrected chi connectivity index (χ0v) is 14.8. The van der Waals surface area contributed by atoms with E-state index in [9.17, 15) is 13.2 Å².